The summed E-state index contributed by atoms with van der Waals surface area (Å²) >= 11 is 0. The number of amides is 2. The monoisotopic (exact) mass is 397 g/mol. The molecule has 0 aromatic heterocycles. The van der Waals surface area contributed by atoms with Gasteiger partial charge in [0.25, 0.3) is 0 Å². The largest absolute Gasteiger partial charge is 0.495 e. The lowest BCUT2D eigenvalue weighted by atomic mass is 9.96. The molecule has 2 fully saturated rings. The van der Waals surface area contributed by atoms with Crippen LogP contribution in [0.5, 0.6) is 5.75 Å². The molecule has 150 valence electrons. The lowest BCUT2D eigenvalue weighted by Gasteiger charge is -2.52. The average molecular weight is 397 g/mol. The molecule has 27 heavy (non-hydrogen) atoms. The van der Waals surface area contributed by atoms with Crippen LogP contribution >= 0.6 is 0 Å². The van der Waals surface area contributed by atoms with Gasteiger partial charge in [0.15, 0.2) is 9.84 Å². The Bertz CT molecular complexity index is 792. The second-order valence-electron chi connectivity index (χ2n) is 7.26. The first-order valence-corrected chi connectivity index (χ1v) is 10.7. The van der Waals surface area contributed by atoms with Gasteiger partial charge in [-0.25, -0.2) is 13.2 Å². The maximum Gasteiger partial charge on any atom is 0.322 e. The van der Waals surface area contributed by atoms with E-state index >= 15 is 0 Å². The number of para-hydroxylation sites is 2. The highest BCUT2D eigenvalue weighted by Crippen LogP contribution is 2.33. The van der Waals surface area contributed by atoms with Crippen LogP contribution in [-0.2, 0) is 14.6 Å². The van der Waals surface area contributed by atoms with Crippen LogP contribution in [0.3, 0.4) is 0 Å². The molecule has 0 aliphatic carbocycles. The first-order valence-electron chi connectivity index (χ1n) is 9.01. The van der Waals surface area contributed by atoms with Crippen molar-refractivity contribution >= 4 is 21.6 Å². The van der Waals surface area contributed by atoms with Crippen LogP contribution in [0.4, 0.5) is 10.5 Å². The Balaban J connectivity index is 1.58. The van der Waals surface area contributed by atoms with E-state index in [1.807, 2.05) is 24.9 Å². The van der Waals surface area contributed by atoms with Gasteiger partial charge >= 0.3 is 6.03 Å². The van der Waals surface area contributed by atoms with Crippen molar-refractivity contribution in [3.8, 4) is 5.75 Å². The van der Waals surface area contributed by atoms with E-state index in [1.54, 1.807) is 23.1 Å². The summed E-state index contributed by atoms with van der Waals surface area (Å²) in [7, 11) is 0.174. The van der Waals surface area contributed by atoms with Crippen molar-refractivity contribution in [2.45, 2.75) is 17.8 Å². The van der Waals surface area contributed by atoms with Crippen molar-refractivity contribution in [1.29, 1.82) is 0 Å². The van der Waals surface area contributed by atoms with Crippen LogP contribution in [0.25, 0.3) is 0 Å². The van der Waals surface area contributed by atoms with Gasteiger partial charge in [-0.2, -0.15) is 0 Å². The number of likely N-dealkylation sites (tertiary alicyclic amines) is 1. The molecule has 0 radical (unpaired) electrons. The molecule has 0 saturated carbocycles. The molecule has 1 atom stereocenters. The number of anilines is 1. The van der Waals surface area contributed by atoms with Crippen LogP contribution in [0.2, 0.25) is 0 Å². The van der Waals surface area contributed by atoms with E-state index in [1.165, 1.54) is 7.11 Å². The summed E-state index contributed by atoms with van der Waals surface area (Å²) in [6.45, 7) is 3.95. The number of hydrogen-bond donors (Lipinski definition) is 1. The highest BCUT2D eigenvalue weighted by atomic mass is 32.2. The van der Waals surface area contributed by atoms with E-state index < -0.39 is 20.7 Å². The highest BCUT2D eigenvalue weighted by Gasteiger charge is 2.53. The highest BCUT2D eigenvalue weighted by molar-refractivity contribution is 7.92. The van der Waals surface area contributed by atoms with Gasteiger partial charge in [-0.15, -0.1) is 0 Å². The molecule has 2 aliphatic heterocycles. The second kappa shape index (κ2) is 7.65. The zero-order valence-electron chi connectivity index (χ0n) is 16.0. The molecule has 1 aromatic rings. The molecule has 2 aliphatic rings. The van der Waals surface area contributed by atoms with Crippen molar-refractivity contribution in [3.05, 3.63) is 24.3 Å². The standard InChI is InChI=1S/C18H27N3O5S/c1-4-20(2)9-14-10-26-18(13-27(14,23)24)11-21(12-18)17(22)19-15-7-5-6-8-16(15)25-3/h5-8,14H,4,9-13H2,1-3H3,(H,19,22)/t14-/m0/s1. The van der Waals surface area contributed by atoms with Gasteiger partial charge in [0, 0.05) is 6.54 Å². The summed E-state index contributed by atoms with van der Waals surface area (Å²) in [4.78, 5) is 16.0. The lowest BCUT2D eigenvalue weighted by Crippen LogP contribution is -2.71. The van der Waals surface area contributed by atoms with Gasteiger partial charge in [0.05, 0.1) is 43.5 Å². The molecule has 2 heterocycles. The Labute approximate surface area is 160 Å². The first-order chi connectivity index (χ1) is 12.8. The number of ether oxygens (including phenoxy) is 2. The molecular weight excluding hydrogens is 370 g/mol. The lowest BCUT2D eigenvalue weighted by molar-refractivity contribution is -0.117. The maximum absolute atomic E-state index is 12.7. The number of rotatable bonds is 5. The van der Waals surface area contributed by atoms with Crippen molar-refractivity contribution in [1.82, 2.24) is 9.80 Å². The van der Waals surface area contributed by atoms with Crippen molar-refractivity contribution in [2.24, 2.45) is 0 Å². The Morgan fingerprint density at radius 1 is 1.41 bits per heavy atom. The Kier molecular flexibility index (Phi) is 5.64. The van der Waals surface area contributed by atoms with Crippen LogP contribution < -0.4 is 10.1 Å². The molecular formula is C18H27N3O5S. The summed E-state index contributed by atoms with van der Waals surface area (Å²) in [5.74, 6) is 0.529. The quantitative estimate of drug-likeness (QED) is 0.799. The number of methoxy groups -OCH3 is 1. The summed E-state index contributed by atoms with van der Waals surface area (Å²) < 4.78 is 36.4. The summed E-state index contributed by atoms with van der Waals surface area (Å²) in [6, 6.07) is 6.85. The van der Waals surface area contributed by atoms with Gasteiger partial charge in [-0.1, -0.05) is 19.1 Å². The minimum absolute atomic E-state index is 0.0410. The molecule has 9 heteroatoms. The number of sulfone groups is 1. The van der Waals surface area contributed by atoms with Crippen molar-refractivity contribution in [3.63, 3.8) is 0 Å². The third-order valence-electron chi connectivity index (χ3n) is 5.20. The third kappa shape index (κ3) is 4.20. The van der Waals surface area contributed by atoms with Gasteiger partial charge < -0.3 is 24.6 Å². The van der Waals surface area contributed by atoms with E-state index in [0.29, 0.717) is 18.0 Å². The van der Waals surface area contributed by atoms with Crippen molar-refractivity contribution in [2.75, 3.05) is 58.0 Å². The molecule has 3 rings (SSSR count). The summed E-state index contributed by atoms with van der Waals surface area (Å²) in [5, 5.41) is 2.29. The topological polar surface area (TPSA) is 88.2 Å². The molecule has 8 nitrogen and oxygen atoms in total. The van der Waals surface area contributed by atoms with E-state index in [2.05, 4.69) is 5.32 Å². The fourth-order valence-electron chi connectivity index (χ4n) is 3.46. The van der Waals surface area contributed by atoms with E-state index in [-0.39, 0.29) is 31.5 Å². The van der Waals surface area contributed by atoms with E-state index in [9.17, 15) is 13.2 Å². The number of hydrogen-bond acceptors (Lipinski definition) is 6. The van der Waals surface area contributed by atoms with Gasteiger partial charge in [0.1, 0.15) is 11.4 Å². The summed E-state index contributed by atoms with van der Waals surface area (Å²) in [5.41, 5.74) is -0.205. The molecule has 2 saturated heterocycles. The van der Waals surface area contributed by atoms with Crippen molar-refractivity contribution < 1.29 is 22.7 Å². The normalized spacial score (nSPS) is 23.1. The fraction of sp³-hybridized carbons (Fsp3) is 0.611. The van der Waals surface area contributed by atoms with E-state index in [0.717, 1.165) is 6.54 Å². The Hall–Kier alpha value is -1.84. The number of carbonyl (C=O) groups is 1. The van der Waals surface area contributed by atoms with Gasteiger partial charge in [-0.3, -0.25) is 0 Å². The number of carbonyl (C=O) groups excluding carboxylic acids is 1. The number of benzene rings is 1. The molecule has 1 aromatic carbocycles. The van der Waals surface area contributed by atoms with Crippen LogP contribution in [-0.4, -0.2) is 87.8 Å². The minimum atomic E-state index is -3.26. The molecule has 2 amide bonds. The van der Waals surface area contributed by atoms with Gasteiger partial charge in [0.2, 0.25) is 0 Å². The zero-order chi connectivity index (χ0) is 19.7. The fourth-order valence-corrected chi connectivity index (χ4v) is 5.45. The van der Waals surface area contributed by atoms with E-state index in [4.69, 9.17) is 9.47 Å². The Morgan fingerprint density at radius 3 is 2.74 bits per heavy atom. The summed E-state index contributed by atoms with van der Waals surface area (Å²) in [6.07, 6.45) is 0. The SMILES string of the molecule is CCN(C)C[C@H]1COC2(CN(C(=O)Nc3ccccc3OC)C2)CS1(=O)=O. The van der Waals surface area contributed by atoms with Crippen LogP contribution in [0.1, 0.15) is 6.92 Å². The molecule has 0 unspecified atom stereocenters. The minimum Gasteiger partial charge on any atom is -0.495 e. The second-order valence-corrected chi connectivity index (χ2v) is 9.55. The Morgan fingerprint density at radius 2 is 2.11 bits per heavy atom. The molecule has 1 spiro atoms. The average Bonchev–Trinajstić information content (AvgIpc) is 2.61. The van der Waals surface area contributed by atoms with Crippen LogP contribution in [0, 0.1) is 0 Å². The number of urea groups is 1. The first kappa shape index (κ1) is 19.9. The smallest absolute Gasteiger partial charge is 0.322 e. The number of nitrogens with zero attached hydrogens (tertiary/aromatic N) is 2. The number of nitrogens with one attached hydrogen (secondary N) is 1. The third-order valence-corrected chi connectivity index (χ3v) is 7.43. The maximum atomic E-state index is 12.7. The predicted molar refractivity (Wildman–Crippen MR) is 103 cm³/mol. The zero-order valence-corrected chi connectivity index (χ0v) is 16.8. The molecule has 0 bridgehead atoms. The molecule has 1 N–H and O–H groups in total. The predicted octanol–water partition coefficient (Wildman–Crippen LogP) is 1.05. The van der Waals surface area contributed by atoms with Gasteiger partial charge in [-0.05, 0) is 25.7 Å². The van der Waals surface area contributed by atoms with Crippen LogP contribution in [0.15, 0.2) is 24.3 Å².